The van der Waals surface area contributed by atoms with E-state index in [0.717, 1.165) is 30.5 Å². The molecule has 0 aliphatic carbocycles. The van der Waals surface area contributed by atoms with Crippen LogP contribution in [0, 0.1) is 0 Å². The van der Waals surface area contributed by atoms with E-state index in [0.29, 0.717) is 0 Å². The number of carbonyl (C=O) groups excluding carboxylic acids is 1. The minimum atomic E-state index is 0.0451. The van der Waals surface area contributed by atoms with E-state index < -0.39 is 0 Å². The number of quaternary nitrogens is 1. The van der Waals surface area contributed by atoms with Gasteiger partial charge >= 0.3 is 0 Å². The summed E-state index contributed by atoms with van der Waals surface area (Å²) in [5.74, 6) is 1.27. The van der Waals surface area contributed by atoms with Crippen molar-refractivity contribution in [3.63, 3.8) is 0 Å². The Hall–Kier alpha value is -1.16. The van der Waals surface area contributed by atoms with Crippen molar-refractivity contribution in [3.8, 4) is 0 Å². The SMILES string of the molecule is CCCCCCCCCCCCCCCCCC/C=C/CC1=NCC[N+]1(CC)C(C)NC(C)=O. The zero-order valence-electron chi connectivity index (χ0n) is 23.4. The van der Waals surface area contributed by atoms with E-state index in [1.165, 1.54) is 115 Å². The first-order valence-corrected chi connectivity index (χ1v) is 14.9. The summed E-state index contributed by atoms with van der Waals surface area (Å²) >= 11 is 0. The largest absolute Gasteiger partial charge is 0.307 e. The van der Waals surface area contributed by atoms with E-state index in [4.69, 9.17) is 4.99 Å². The summed E-state index contributed by atoms with van der Waals surface area (Å²) in [6.07, 6.45) is 29.6. The van der Waals surface area contributed by atoms with Crippen molar-refractivity contribution < 1.29 is 9.28 Å². The minimum Gasteiger partial charge on any atom is -0.307 e. The van der Waals surface area contributed by atoms with Crippen molar-refractivity contribution in [1.29, 1.82) is 0 Å². The standard InChI is InChI=1S/C30H57N3O/c1-5-7-8-9-10-11-12-13-14-15-16-17-18-19-20-21-22-23-24-25-30-31-26-27-33(30,6-2)28(3)32-29(4)34/h23-24,28H,5-22,25-27H2,1-4H3/p+1/b24-23+. The van der Waals surface area contributed by atoms with E-state index in [1.54, 1.807) is 6.92 Å². The molecule has 0 aromatic carbocycles. The van der Waals surface area contributed by atoms with E-state index in [1.807, 2.05) is 0 Å². The van der Waals surface area contributed by atoms with Crippen molar-refractivity contribution in [2.75, 3.05) is 19.6 Å². The summed E-state index contributed by atoms with van der Waals surface area (Å²) in [6.45, 7) is 11.1. The molecule has 1 aliphatic heterocycles. The number of aliphatic imine (C=N–C) groups is 1. The lowest BCUT2D eigenvalue weighted by molar-refractivity contribution is -0.861. The predicted octanol–water partition coefficient (Wildman–Crippen LogP) is 8.32. The zero-order valence-corrected chi connectivity index (χ0v) is 23.4. The van der Waals surface area contributed by atoms with Crippen molar-refractivity contribution >= 4 is 11.7 Å². The smallest absolute Gasteiger partial charge is 0.221 e. The van der Waals surface area contributed by atoms with Crippen molar-refractivity contribution in [3.05, 3.63) is 12.2 Å². The number of allylic oxidation sites excluding steroid dienone is 1. The van der Waals surface area contributed by atoms with Crippen LogP contribution in [0.3, 0.4) is 0 Å². The van der Waals surface area contributed by atoms with Crippen LogP contribution in [-0.2, 0) is 4.79 Å². The molecule has 1 aliphatic rings. The quantitative estimate of drug-likeness (QED) is 0.0952. The highest BCUT2D eigenvalue weighted by Gasteiger charge is 2.41. The molecule has 0 radical (unpaired) electrons. The second-order valence-corrected chi connectivity index (χ2v) is 10.5. The summed E-state index contributed by atoms with van der Waals surface area (Å²) in [5.41, 5.74) is 0. The number of carbonyl (C=O) groups is 1. The topological polar surface area (TPSA) is 41.5 Å². The Bertz CT molecular complexity index is 571. The van der Waals surface area contributed by atoms with Gasteiger partial charge in [0.05, 0.1) is 19.5 Å². The van der Waals surface area contributed by atoms with Gasteiger partial charge in [-0.25, -0.2) is 4.99 Å². The van der Waals surface area contributed by atoms with Gasteiger partial charge in [-0.05, 0) is 19.8 Å². The average molecular weight is 477 g/mol. The number of amides is 1. The fourth-order valence-corrected chi connectivity index (χ4v) is 5.44. The Morgan fingerprint density at radius 2 is 1.35 bits per heavy atom. The van der Waals surface area contributed by atoms with Gasteiger partial charge in [0.15, 0.2) is 6.17 Å². The lowest BCUT2D eigenvalue weighted by Crippen LogP contribution is -2.62. The molecule has 2 unspecified atom stereocenters. The number of unbranched alkanes of at least 4 members (excludes halogenated alkanes) is 16. The molecule has 0 fully saturated rings. The highest BCUT2D eigenvalue weighted by molar-refractivity contribution is 5.79. The van der Waals surface area contributed by atoms with Crippen LogP contribution < -0.4 is 5.32 Å². The minimum absolute atomic E-state index is 0.0451. The Morgan fingerprint density at radius 1 is 0.853 bits per heavy atom. The molecule has 0 spiro atoms. The molecule has 34 heavy (non-hydrogen) atoms. The Kier molecular flexibility index (Phi) is 18.2. The van der Waals surface area contributed by atoms with Crippen LogP contribution >= 0.6 is 0 Å². The molecule has 1 N–H and O–H groups in total. The fraction of sp³-hybridized carbons (Fsp3) is 0.867. The maximum absolute atomic E-state index is 11.5. The second-order valence-electron chi connectivity index (χ2n) is 10.5. The van der Waals surface area contributed by atoms with Crippen molar-refractivity contribution in [2.45, 2.75) is 149 Å². The summed E-state index contributed by atoms with van der Waals surface area (Å²) < 4.78 is 0.808. The predicted molar refractivity (Wildman–Crippen MR) is 149 cm³/mol. The zero-order chi connectivity index (χ0) is 24.9. The molecule has 1 heterocycles. The summed E-state index contributed by atoms with van der Waals surface area (Å²) in [7, 11) is 0. The molecule has 198 valence electrons. The number of nitrogens with zero attached hydrogens (tertiary/aromatic N) is 2. The van der Waals surface area contributed by atoms with Crippen LogP contribution in [0.4, 0.5) is 0 Å². The van der Waals surface area contributed by atoms with Gasteiger partial charge in [0.2, 0.25) is 11.7 Å². The number of amidine groups is 1. The fourth-order valence-electron chi connectivity index (χ4n) is 5.44. The highest BCUT2D eigenvalue weighted by Crippen LogP contribution is 2.22. The monoisotopic (exact) mass is 476 g/mol. The first-order chi connectivity index (χ1) is 16.6. The van der Waals surface area contributed by atoms with Crippen LogP contribution in [0.15, 0.2) is 17.1 Å². The lowest BCUT2D eigenvalue weighted by Gasteiger charge is -2.39. The maximum atomic E-state index is 11.5. The van der Waals surface area contributed by atoms with E-state index in [2.05, 4.69) is 38.2 Å². The first kappa shape index (κ1) is 30.9. The molecule has 0 bridgehead atoms. The van der Waals surface area contributed by atoms with Gasteiger partial charge in [-0.2, -0.15) is 0 Å². The molecule has 2 atom stereocenters. The van der Waals surface area contributed by atoms with Gasteiger partial charge in [-0.15, -0.1) is 0 Å². The summed E-state index contributed by atoms with van der Waals surface area (Å²) in [6, 6.07) is 0. The number of hydrogen-bond acceptors (Lipinski definition) is 2. The van der Waals surface area contributed by atoms with Crippen molar-refractivity contribution in [2.24, 2.45) is 4.99 Å². The normalized spacial score (nSPS) is 19.0. The van der Waals surface area contributed by atoms with Gasteiger partial charge in [0.25, 0.3) is 0 Å². The van der Waals surface area contributed by atoms with Crippen molar-refractivity contribution in [1.82, 2.24) is 5.32 Å². The van der Waals surface area contributed by atoms with Crippen LogP contribution in [0.1, 0.15) is 143 Å². The number of rotatable bonds is 22. The lowest BCUT2D eigenvalue weighted by atomic mass is 10.0. The molecule has 1 amide bonds. The third-order valence-corrected chi connectivity index (χ3v) is 7.72. The van der Waals surface area contributed by atoms with Gasteiger partial charge in [-0.3, -0.25) is 9.28 Å². The third-order valence-electron chi connectivity index (χ3n) is 7.72. The second kappa shape index (κ2) is 20.1. The van der Waals surface area contributed by atoms with E-state index >= 15 is 0 Å². The molecule has 0 aromatic heterocycles. The number of hydrogen-bond donors (Lipinski definition) is 1. The summed E-state index contributed by atoms with van der Waals surface area (Å²) in [5, 5.41) is 3.10. The maximum Gasteiger partial charge on any atom is 0.221 e. The molecule has 4 nitrogen and oxygen atoms in total. The molecule has 0 aromatic rings. The van der Waals surface area contributed by atoms with E-state index in [-0.39, 0.29) is 12.1 Å². The Labute approximate surface area is 212 Å². The van der Waals surface area contributed by atoms with Crippen LogP contribution in [0.5, 0.6) is 0 Å². The molecular weight excluding hydrogens is 418 g/mol. The molecule has 0 saturated heterocycles. The van der Waals surface area contributed by atoms with Crippen LogP contribution in [0.25, 0.3) is 0 Å². The van der Waals surface area contributed by atoms with Crippen LogP contribution in [-0.4, -0.2) is 42.0 Å². The highest BCUT2D eigenvalue weighted by atomic mass is 16.1. The third kappa shape index (κ3) is 13.1. The van der Waals surface area contributed by atoms with Gasteiger partial charge in [0, 0.05) is 13.8 Å². The Morgan fingerprint density at radius 3 is 1.82 bits per heavy atom. The number of likely N-dealkylation sites (N-methyl/N-ethyl adjacent to an activating group) is 1. The first-order valence-electron chi connectivity index (χ1n) is 14.9. The van der Waals surface area contributed by atoms with Crippen LogP contribution in [0.2, 0.25) is 0 Å². The summed E-state index contributed by atoms with van der Waals surface area (Å²) in [4.78, 5) is 16.3. The van der Waals surface area contributed by atoms with E-state index in [9.17, 15) is 4.79 Å². The molecule has 1 rings (SSSR count). The van der Waals surface area contributed by atoms with Gasteiger partial charge in [0.1, 0.15) is 6.54 Å². The average Bonchev–Trinajstić information content (AvgIpc) is 3.24. The molecule has 0 saturated carbocycles. The van der Waals surface area contributed by atoms with Gasteiger partial charge < -0.3 is 5.32 Å². The number of nitrogens with one attached hydrogen (secondary N) is 1. The Balaban J connectivity index is 1.98. The van der Waals surface area contributed by atoms with Gasteiger partial charge in [-0.1, -0.05) is 115 Å². The molecule has 4 heteroatoms. The molecular formula is C30H58N3O+.